The number of ether oxygens (including phenoxy) is 1. The zero-order valence-corrected chi connectivity index (χ0v) is 16.4. The van der Waals surface area contributed by atoms with Gasteiger partial charge >= 0.3 is 5.97 Å². The molecule has 0 spiro atoms. The number of esters is 1. The maximum absolute atomic E-state index is 12.5. The zero-order valence-electron chi connectivity index (χ0n) is 14.8. The second-order valence-corrected chi connectivity index (χ2v) is 9.65. The summed E-state index contributed by atoms with van der Waals surface area (Å²) in [5.41, 5.74) is 0.588. The van der Waals surface area contributed by atoms with Crippen molar-refractivity contribution in [2.45, 2.75) is 46.1 Å². The molecule has 1 saturated heterocycles. The van der Waals surface area contributed by atoms with Gasteiger partial charge in [-0.1, -0.05) is 13.3 Å². The van der Waals surface area contributed by atoms with E-state index in [9.17, 15) is 18.0 Å². The predicted molar refractivity (Wildman–Crippen MR) is 95.6 cm³/mol. The molecule has 1 aliphatic rings. The lowest BCUT2D eigenvalue weighted by Gasteiger charge is -2.28. The predicted octanol–water partition coefficient (Wildman–Crippen LogP) is 1.73. The Labute approximate surface area is 152 Å². The molecule has 0 aromatic carbocycles. The number of thiazole rings is 1. The monoisotopic (exact) mass is 388 g/mol. The highest BCUT2D eigenvalue weighted by atomic mass is 32.2. The Kier molecular flexibility index (Phi) is 6.56. The highest BCUT2D eigenvalue weighted by molar-refractivity contribution is 7.91. The molecular weight excluding hydrogens is 364 g/mol. The Bertz CT molecular complexity index is 742. The largest absolute Gasteiger partial charge is 0.451 e. The van der Waals surface area contributed by atoms with Crippen LogP contribution in [0.4, 0.5) is 0 Å². The van der Waals surface area contributed by atoms with Crippen molar-refractivity contribution >= 4 is 33.1 Å². The second-order valence-electron chi connectivity index (χ2n) is 6.22. The van der Waals surface area contributed by atoms with Gasteiger partial charge in [0.2, 0.25) is 0 Å². The van der Waals surface area contributed by atoms with E-state index in [-0.39, 0.29) is 30.1 Å². The summed E-state index contributed by atoms with van der Waals surface area (Å²) in [6.45, 7) is 5.62. The van der Waals surface area contributed by atoms with E-state index in [1.807, 2.05) is 6.92 Å². The summed E-state index contributed by atoms with van der Waals surface area (Å²) in [4.78, 5) is 30.8. The van der Waals surface area contributed by atoms with Crippen LogP contribution in [0.5, 0.6) is 0 Å². The van der Waals surface area contributed by atoms with Crippen LogP contribution in [0.25, 0.3) is 0 Å². The third kappa shape index (κ3) is 5.24. The smallest absolute Gasteiger partial charge is 0.350 e. The standard InChI is InChI=1S/C16H24N2O5S2/c1-4-5-7-18(13-6-8-25(21,22)10-13)14(19)9-23-16(20)15-11(2)17-12(3)24-15/h13H,4-10H2,1-3H3. The Balaban J connectivity index is 1.99. The van der Waals surface area contributed by atoms with E-state index in [0.717, 1.165) is 17.8 Å². The molecular formula is C16H24N2O5S2. The van der Waals surface area contributed by atoms with Gasteiger partial charge < -0.3 is 9.64 Å². The third-order valence-corrected chi connectivity index (χ3v) is 6.94. The van der Waals surface area contributed by atoms with Gasteiger partial charge in [-0.3, -0.25) is 4.79 Å². The molecule has 1 amide bonds. The van der Waals surface area contributed by atoms with E-state index in [0.29, 0.717) is 23.5 Å². The van der Waals surface area contributed by atoms with Crippen molar-refractivity contribution in [1.82, 2.24) is 9.88 Å². The number of amides is 1. The van der Waals surface area contributed by atoms with E-state index < -0.39 is 15.8 Å². The molecule has 1 unspecified atom stereocenters. The van der Waals surface area contributed by atoms with Crippen molar-refractivity contribution in [3.63, 3.8) is 0 Å². The molecule has 25 heavy (non-hydrogen) atoms. The molecule has 0 saturated carbocycles. The number of carbonyl (C=O) groups excluding carboxylic acids is 2. The van der Waals surface area contributed by atoms with Gasteiger partial charge in [-0.15, -0.1) is 11.3 Å². The topological polar surface area (TPSA) is 93.6 Å². The fourth-order valence-electron chi connectivity index (χ4n) is 2.86. The number of hydrogen-bond donors (Lipinski definition) is 0. The number of nitrogens with zero attached hydrogens (tertiary/aromatic N) is 2. The van der Waals surface area contributed by atoms with Crippen LogP contribution in [0.1, 0.15) is 46.6 Å². The first-order chi connectivity index (χ1) is 11.7. The van der Waals surface area contributed by atoms with Crippen LogP contribution in [-0.2, 0) is 19.4 Å². The minimum absolute atomic E-state index is 0.0104. The van der Waals surface area contributed by atoms with Crippen molar-refractivity contribution < 1.29 is 22.7 Å². The summed E-state index contributed by atoms with van der Waals surface area (Å²) in [5.74, 6) is -0.815. The SMILES string of the molecule is CCCCN(C(=O)COC(=O)c1sc(C)nc1C)C1CCS(=O)(=O)C1. The highest BCUT2D eigenvalue weighted by Crippen LogP contribution is 2.20. The average molecular weight is 389 g/mol. The van der Waals surface area contributed by atoms with Gasteiger partial charge in [0.15, 0.2) is 16.4 Å². The Hall–Kier alpha value is -1.48. The summed E-state index contributed by atoms with van der Waals surface area (Å²) in [6.07, 6.45) is 2.12. The van der Waals surface area contributed by atoms with Gasteiger partial charge in [0.05, 0.1) is 22.2 Å². The van der Waals surface area contributed by atoms with E-state index in [4.69, 9.17) is 4.74 Å². The molecule has 140 valence electrons. The summed E-state index contributed by atoms with van der Waals surface area (Å²) in [6, 6.07) is -0.324. The van der Waals surface area contributed by atoms with Gasteiger partial charge in [-0.05, 0) is 26.7 Å². The van der Waals surface area contributed by atoms with Crippen LogP contribution in [0.15, 0.2) is 0 Å². The maximum Gasteiger partial charge on any atom is 0.350 e. The zero-order chi connectivity index (χ0) is 18.6. The van der Waals surface area contributed by atoms with Crippen LogP contribution in [0.2, 0.25) is 0 Å². The van der Waals surface area contributed by atoms with Crippen LogP contribution in [0, 0.1) is 13.8 Å². The molecule has 0 radical (unpaired) electrons. The first-order valence-electron chi connectivity index (χ1n) is 8.34. The van der Waals surface area contributed by atoms with Crippen molar-refractivity contribution in [2.24, 2.45) is 0 Å². The summed E-state index contributed by atoms with van der Waals surface area (Å²) in [5, 5.41) is 0.761. The van der Waals surface area contributed by atoms with Gasteiger partial charge in [-0.25, -0.2) is 18.2 Å². The fourth-order valence-corrected chi connectivity index (χ4v) is 5.40. The number of hydrogen-bond acceptors (Lipinski definition) is 7. The molecule has 1 fully saturated rings. The summed E-state index contributed by atoms with van der Waals surface area (Å²) < 4.78 is 28.6. The number of rotatable bonds is 7. The summed E-state index contributed by atoms with van der Waals surface area (Å²) in [7, 11) is -3.08. The molecule has 0 aliphatic carbocycles. The highest BCUT2D eigenvalue weighted by Gasteiger charge is 2.34. The minimum Gasteiger partial charge on any atom is -0.451 e. The second kappa shape index (κ2) is 8.27. The van der Waals surface area contributed by atoms with Crippen LogP contribution >= 0.6 is 11.3 Å². The molecule has 0 bridgehead atoms. The van der Waals surface area contributed by atoms with Crippen LogP contribution < -0.4 is 0 Å². The molecule has 2 rings (SSSR count). The Morgan fingerprint density at radius 2 is 2.08 bits per heavy atom. The molecule has 1 aromatic heterocycles. The molecule has 1 atom stereocenters. The number of sulfone groups is 1. The van der Waals surface area contributed by atoms with Crippen molar-refractivity contribution in [1.29, 1.82) is 0 Å². The van der Waals surface area contributed by atoms with Crippen LogP contribution in [-0.4, -0.2) is 60.9 Å². The third-order valence-electron chi connectivity index (χ3n) is 4.14. The first kappa shape index (κ1) is 19.8. The number of unbranched alkanes of at least 4 members (excludes halogenated alkanes) is 1. The average Bonchev–Trinajstić information content (AvgIpc) is 3.06. The number of aromatic nitrogens is 1. The molecule has 1 aliphatic heterocycles. The van der Waals surface area contributed by atoms with Crippen LogP contribution in [0.3, 0.4) is 0 Å². The van der Waals surface area contributed by atoms with Gasteiger partial charge in [0.1, 0.15) is 4.88 Å². The van der Waals surface area contributed by atoms with Crippen molar-refractivity contribution in [3.05, 3.63) is 15.6 Å². The van der Waals surface area contributed by atoms with Gasteiger partial charge in [0.25, 0.3) is 5.91 Å². The quantitative estimate of drug-likeness (QED) is 0.661. The molecule has 1 aromatic rings. The lowest BCUT2D eigenvalue weighted by atomic mass is 10.2. The van der Waals surface area contributed by atoms with Gasteiger partial charge in [-0.2, -0.15) is 0 Å². The van der Waals surface area contributed by atoms with E-state index in [2.05, 4.69) is 4.98 Å². The molecule has 9 heteroatoms. The normalized spacial score (nSPS) is 18.9. The van der Waals surface area contributed by atoms with E-state index >= 15 is 0 Å². The lowest BCUT2D eigenvalue weighted by Crippen LogP contribution is -2.43. The first-order valence-corrected chi connectivity index (χ1v) is 11.0. The van der Waals surface area contributed by atoms with E-state index in [1.54, 1.807) is 18.7 Å². The molecule has 2 heterocycles. The molecule has 7 nitrogen and oxygen atoms in total. The maximum atomic E-state index is 12.5. The van der Waals surface area contributed by atoms with Crippen molar-refractivity contribution in [3.8, 4) is 0 Å². The Morgan fingerprint density at radius 1 is 1.36 bits per heavy atom. The summed E-state index contributed by atoms with van der Waals surface area (Å²) >= 11 is 1.23. The minimum atomic E-state index is -3.08. The molecule has 0 N–H and O–H groups in total. The fraction of sp³-hybridized carbons (Fsp3) is 0.688. The van der Waals surface area contributed by atoms with E-state index in [1.165, 1.54) is 11.3 Å². The van der Waals surface area contributed by atoms with Crippen molar-refractivity contribution in [2.75, 3.05) is 24.7 Å². The lowest BCUT2D eigenvalue weighted by molar-refractivity contribution is -0.136. The number of carbonyl (C=O) groups is 2. The number of aryl methyl sites for hydroxylation is 2. The van der Waals surface area contributed by atoms with Gasteiger partial charge in [0, 0.05) is 12.6 Å². The Morgan fingerprint density at radius 3 is 2.60 bits per heavy atom.